The monoisotopic (exact) mass is 287 g/mol. The lowest BCUT2D eigenvalue weighted by molar-refractivity contribution is 0.622. The molecule has 0 saturated carbocycles. The van der Waals surface area contributed by atoms with Gasteiger partial charge in [0.05, 0.1) is 22.8 Å². The number of rotatable bonds is 4. The van der Waals surface area contributed by atoms with E-state index in [0.717, 1.165) is 29.0 Å². The first kappa shape index (κ1) is 12.9. The van der Waals surface area contributed by atoms with Crippen LogP contribution >= 0.6 is 11.6 Å². The Hall–Kier alpha value is -2.14. The molecule has 6 heteroatoms. The van der Waals surface area contributed by atoms with Crippen LogP contribution in [0.2, 0.25) is 5.02 Å². The molecule has 2 heterocycles. The maximum absolute atomic E-state index is 6.18. The molecule has 0 spiro atoms. The summed E-state index contributed by atoms with van der Waals surface area (Å²) in [5.41, 5.74) is 1.80. The van der Waals surface area contributed by atoms with Crippen LogP contribution in [-0.2, 0) is 13.1 Å². The minimum absolute atomic E-state index is 0.598. The lowest BCUT2D eigenvalue weighted by atomic mass is 10.2. The van der Waals surface area contributed by atoms with Crippen LogP contribution in [0.4, 0.5) is 5.69 Å². The van der Waals surface area contributed by atoms with Crippen molar-refractivity contribution >= 4 is 28.2 Å². The minimum atomic E-state index is 0.598. The second kappa shape index (κ2) is 5.46. The van der Waals surface area contributed by atoms with Crippen LogP contribution in [0, 0.1) is 0 Å². The van der Waals surface area contributed by atoms with Gasteiger partial charge < -0.3 is 5.32 Å². The zero-order valence-corrected chi connectivity index (χ0v) is 11.8. The fourth-order valence-electron chi connectivity index (χ4n) is 2.14. The van der Waals surface area contributed by atoms with Gasteiger partial charge in [0.1, 0.15) is 12.2 Å². The SMILES string of the molecule is CCn1ncnc1CNc1ccc(Cl)c2cccnc12. The van der Waals surface area contributed by atoms with Gasteiger partial charge in [0, 0.05) is 18.1 Å². The molecule has 0 fully saturated rings. The summed E-state index contributed by atoms with van der Waals surface area (Å²) in [4.78, 5) is 8.64. The molecule has 0 amide bonds. The summed E-state index contributed by atoms with van der Waals surface area (Å²) in [6.45, 7) is 3.44. The van der Waals surface area contributed by atoms with Gasteiger partial charge in [-0.15, -0.1) is 0 Å². The summed E-state index contributed by atoms with van der Waals surface area (Å²) >= 11 is 6.18. The highest BCUT2D eigenvalue weighted by Crippen LogP contribution is 2.28. The van der Waals surface area contributed by atoms with Gasteiger partial charge in [0.2, 0.25) is 0 Å². The molecule has 0 aliphatic rings. The molecular weight excluding hydrogens is 274 g/mol. The van der Waals surface area contributed by atoms with E-state index in [1.807, 2.05) is 35.9 Å². The van der Waals surface area contributed by atoms with Crippen LogP contribution < -0.4 is 5.32 Å². The van der Waals surface area contributed by atoms with Crippen molar-refractivity contribution in [1.29, 1.82) is 0 Å². The molecule has 0 aliphatic heterocycles. The predicted octanol–water partition coefficient (Wildman–Crippen LogP) is 3.11. The Kier molecular flexibility index (Phi) is 3.52. The summed E-state index contributed by atoms with van der Waals surface area (Å²) in [5, 5.41) is 9.14. The van der Waals surface area contributed by atoms with E-state index >= 15 is 0 Å². The first-order valence-electron chi connectivity index (χ1n) is 6.43. The van der Waals surface area contributed by atoms with Gasteiger partial charge in [0.15, 0.2) is 0 Å². The number of benzene rings is 1. The number of anilines is 1. The van der Waals surface area contributed by atoms with E-state index in [2.05, 4.69) is 20.4 Å². The van der Waals surface area contributed by atoms with Crippen LogP contribution in [0.1, 0.15) is 12.7 Å². The van der Waals surface area contributed by atoms with E-state index in [1.54, 1.807) is 12.5 Å². The zero-order valence-electron chi connectivity index (χ0n) is 11.0. The van der Waals surface area contributed by atoms with Gasteiger partial charge in [-0.05, 0) is 31.2 Å². The topological polar surface area (TPSA) is 55.6 Å². The number of halogens is 1. The zero-order chi connectivity index (χ0) is 13.9. The fraction of sp³-hybridized carbons (Fsp3) is 0.214. The molecule has 3 aromatic rings. The van der Waals surface area contributed by atoms with E-state index in [1.165, 1.54) is 0 Å². The van der Waals surface area contributed by atoms with E-state index in [0.29, 0.717) is 11.6 Å². The van der Waals surface area contributed by atoms with Crippen molar-refractivity contribution in [1.82, 2.24) is 19.7 Å². The summed E-state index contributed by atoms with van der Waals surface area (Å²) in [7, 11) is 0. The Bertz CT molecular complexity index is 737. The van der Waals surface area contributed by atoms with Gasteiger partial charge in [0.25, 0.3) is 0 Å². The third-order valence-electron chi connectivity index (χ3n) is 3.15. The molecule has 0 unspecified atom stereocenters. The van der Waals surface area contributed by atoms with E-state index in [9.17, 15) is 0 Å². The van der Waals surface area contributed by atoms with Crippen molar-refractivity contribution in [2.24, 2.45) is 0 Å². The van der Waals surface area contributed by atoms with Crippen LogP contribution in [0.25, 0.3) is 10.9 Å². The molecular formula is C14H14ClN5. The maximum Gasteiger partial charge on any atom is 0.146 e. The smallest absolute Gasteiger partial charge is 0.146 e. The van der Waals surface area contributed by atoms with Crippen molar-refractivity contribution in [3.05, 3.63) is 47.6 Å². The molecule has 0 saturated heterocycles. The quantitative estimate of drug-likeness (QED) is 0.801. The molecule has 102 valence electrons. The normalized spacial score (nSPS) is 10.9. The van der Waals surface area contributed by atoms with E-state index in [4.69, 9.17) is 11.6 Å². The maximum atomic E-state index is 6.18. The number of hydrogen-bond donors (Lipinski definition) is 1. The van der Waals surface area contributed by atoms with Crippen LogP contribution in [-0.4, -0.2) is 19.7 Å². The van der Waals surface area contributed by atoms with Crippen molar-refractivity contribution < 1.29 is 0 Å². The second-order valence-corrected chi connectivity index (χ2v) is 4.75. The highest BCUT2D eigenvalue weighted by molar-refractivity contribution is 6.35. The fourth-order valence-corrected chi connectivity index (χ4v) is 2.36. The number of hydrogen-bond acceptors (Lipinski definition) is 4. The Morgan fingerprint density at radius 2 is 2.15 bits per heavy atom. The van der Waals surface area contributed by atoms with Gasteiger partial charge >= 0.3 is 0 Å². The third kappa shape index (κ3) is 2.32. The molecule has 1 aromatic carbocycles. The molecule has 2 aromatic heterocycles. The average Bonchev–Trinajstić information content (AvgIpc) is 2.94. The molecule has 0 aliphatic carbocycles. The summed E-state index contributed by atoms with van der Waals surface area (Å²) in [5.74, 6) is 0.895. The molecule has 20 heavy (non-hydrogen) atoms. The number of fused-ring (bicyclic) bond motifs is 1. The van der Waals surface area contributed by atoms with Gasteiger partial charge in [-0.2, -0.15) is 5.10 Å². The third-order valence-corrected chi connectivity index (χ3v) is 3.48. The predicted molar refractivity (Wildman–Crippen MR) is 79.8 cm³/mol. The molecule has 0 radical (unpaired) electrons. The lowest BCUT2D eigenvalue weighted by Crippen LogP contribution is -2.09. The average molecular weight is 288 g/mol. The number of pyridine rings is 1. The minimum Gasteiger partial charge on any atom is -0.376 e. The van der Waals surface area contributed by atoms with E-state index in [-0.39, 0.29) is 0 Å². The number of nitrogens with one attached hydrogen (secondary N) is 1. The molecule has 3 rings (SSSR count). The molecule has 0 bridgehead atoms. The summed E-state index contributed by atoms with van der Waals surface area (Å²) < 4.78 is 1.86. The van der Waals surface area contributed by atoms with Crippen molar-refractivity contribution in [2.45, 2.75) is 20.0 Å². The summed E-state index contributed by atoms with van der Waals surface area (Å²) in [6.07, 6.45) is 3.33. The Morgan fingerprint density at radius 3 is 3.00 bits per heavy atom. The summed E-state index contributed by atoms with van der Waals surface area (Å²) in [6, 6.07) is 7.65. The van der Waals surface area contributed by atoms with Crippen LogP contribution in [0.15, 0.2) is 36.8 Å². The van der Waals surface area contributed by atoms with E-state index < -0.39 is 0 Å². The van der Waals surface area contributed by atoms with Crippen LogP contribution in [0.5, 0.6) is 0 Å². The van der Waals surface area contributed by atoms with Crippen molar-refractivity contribution in [3.63, 3.8) is 0 Å². The highest BCUT2D eigenvalue weighted by Gasteiger charge is 2.07. The van der Waals surface area contributed by atoms with Gasteiger partial charge in [-0.25, -0.2) is 9.67 Å². The van der Waals surface area contributed by atoms with Gasteiger partial charge in [-0.3, -0.25) is 4.98 Å². The largest absolute Gasteiger partial charge is 0.376 e. The number of nitrogens with zero attached hydrogens (tertiary/aromatic N) is 4. The highest BCUT2D eigenvalue weighted by atomic mass is 35.5. The van der Waals surface area contributed by atoms with Crippen molar-refractivity contribution in [3.8, 4) is 0 Å². The first-order chi connectivity index (χ1) is 9.79. The molecule has 5 nitrogen and oxygen atoms in total. The standard InChI is InChI=1S/C14H14ClN5/c1-2-20-13(18-9-19-20)8-17-12-6-5-11(15)10-4-3-7-16-14(10)12/h3-7,9,17H,2,8H2,1H3. The Balaban J connectivity index is 1.90. The first-order valence-corrected chi connectivity index (χ1v) is 6.81. The number of aryl methyl sites for hydroxylation is 1. The molecule has 1 N–H and O–H groups in total. The Labute approximate surface area is 121 Å². The lowest BCUT2D eigenvalue weighted by Gasteiger charge is -2.10. The van der Waals surface area contributed by atoms with Crippen LogP contribution in [0.3, 0.4) is 0 Å². The molecule has 0 atom stereocenters. The van der Waals surface area contributed by atoms with Crippen molar-refractivity contribution in [2.75, 3.05) is 5.32 Å². The second-order valence-electron chi connectivity index (χ2n) is 4.34. The van der Waals surface area contributed by atoms with Gasteiger partial charge in [-0.1, -0.05) is 11.6 Å². The number of aromatic nitrogens is 4. The Morgan fingerprint density at radius 1 is 1.25 bits per heavy atom.